The SMILES string of the molecule is CSc1cc(C(F)(C(F)(F)F)C(F)(F)C(F)(F)F)cc(Cl)c1NC(=O)c1ccc(C#N)c(N)c1. The third kappa shape index (κ3) is 4.58. The van der Waals surface area contributed by atoms with E-state index >= 15 is 0 Å². The zero-order valence-electron chi connectivity index (χ0n) is 16.5. The summed E-state index contributed by atoms with van der Waals surface area (Å²) in [4.78, 5) is 11.9. The van der Waals surface area contributed by atoms with Crippen LogP contribution in [0.5, 0.6) is 0 Å². The molecule has 2 aromatic rings. The van der Waals surface area contributed by atoms with E-state index in [1.165, 1.54) is 12.3 Å². The number of alkyl halides is 9. The molecule has 0 saturated heterocycles. The van der Waals surface area contributed by atoms with Gasteiger partial charge in [-0.05, 0) is 36.6 Å². The largest absolute Gasteiger partial charge is 0.457 e. The molecule has 0 saturated carbocycles. The van der Waals surface area contributed by atoms with Gasteiger partial charge in [-0.1, -0.05) is 11.6 Å². The van der Waals surface area contributed by atoms with Gasteiger partial charge in [-0.25, -0.2) is 4.39 Å². The van der Waals surface area contributed by atoms with E-state index in [9.17, 15) is 44.3 Å². The number of rotatable bonds is 5. The fourth-order valence-electron chi connectivity index (χ4n) is 2.77. The lowest BCUT2D eigenvalue weighted by molar-refractivity contribution is -0.389. The predicted molar refractivity (Wildman–Crippen MR) is 107 cm³/mol. The molecule has 0 bridgehead atoms. The number of thioether (sulfide) groups is 1. The molecule has 3 N–H and O–H groups in total. The molecule has 0 radical (unpaired) electrons. The standard InChI is InChI=1S/C19H11ClF9N3OS/c1-34-13-6-10(16(21,18(24,25)26)17(22,23)19(27,28)29)5-11(20)14(13)32-15(33)8-2-3-9(7-30)12(31)4-8/h2-6H,31H2,1H3,(H,32,33). The third-order valence-corrected chi connectivity index (χ3v) is 5.58. The first-order valence-corrected chi connectivity index (χ1v) is 10.2. The van der Waals surface area contributed by atoms with Gasteiger partial charge in [-0.2, -0.15) is 40.4 Å². The summed E-state index contributed by atoms with van der Waals surface area (Å²) in [6.45, 7) is 0. The number of halogens is 10. The second-order valence-electron chi connectivity index (χ2n) is 6.63. The van der Waals surface area contributed by atoms with Crippen molar-refractivity contribution >= 4 is 40.6 Å². The van der Waals surface area contributed by atoms with Crippen LogP contribution in [-0.4, -0.2) is 30.4 Å². The Morgan fingerprint density at radius 1 is 1.03 bits per heavy atom. The molecule has 4 nitrogen and oxygen atoms in total. The van der Waals surface area contributed by atoms with E-state index in [-0.39, 0.29) is 28.9 Å². The summed E-state index contributed by atoms with van der Waals surface area (Å²) < 4.78 is 120. The zero-order valence-corrected chi connectivity index (χ0v) is 18.1. The summed E-state index contributed by atoms with van der Waals surface area (Å²) >= 11 is 6.28. The molecule has 34 heavy (non-hydrogen) atoms. The lowest BCUT2D eigenvalue weighted by Gasteiger charge is -2.36. The van der Waals surface area contributed by atoms with Crippen molar-refractivity contribution in [1.29, 1.82) is 5.26 Å². The molecule has 0 spiro atoms. The molecular formula is C19H11ClF9N3OS. The minimum atomic E-state index is -6.90. The molecule has 0 fully saturated rings. The topological polar surface area (TPSA) is 78.9 Å². The Morgan fingerprint density at radius 2 is 1.62 bits per heavy atom. The molecule has 0 aliphatic rings. The molecule has 2 rings (SSSR count). The number of hydrogen-bond acceptors (Lipinski definition) is 4. The summed E-state index contributed by atoms with van der Waals surface area (Å²) in [5.74, 6) is -7.84. The minimum absolute atomic E-state index is 0.0285. The first-order chi connectivity index (χ1) is 15.4. The average molecular weight is 536 g/mol. The summed E-state index contributed by atoms with van der Waals surface area (Å²) in [5.41, 5.74) is -3.41. The van der Waals surface area contributed by atoms with Crippen molar-refractivity contribution in [3.8, 4) is 6.07 Å². The highest BCUT2D eigenvalue weighted by molar-refractivity contribution is 7.98. The first kappa shape index (κ1) is 27.5. The van der Waals surface area contributed by atoms with Crippen LogP contribution in [-0.2, 0) is 5.67 Å². The number of nitrogens with one attached hydrogen (secondary N) is 1. The quantitative estimate of drug-likeness (QED) is 0.254. The highest BCUT2D eigenvalue weighted by Crippen LogP contribution is 2.59. The number of anilines is 2. The number of benzene rings is 2. The Morgan fingerprint density at radius 3 is 2.06 bits per heavy atom. The molecule has 0 aromatic heterocycles. The maximum absolute atomic E-state index is 14.8. The number of carbonyl (C=O) groups is 1. The minimum Gasteiger partial charge on any atom is -0.398 e. The van der Waals surface area contributed by atoms with Crippen LogP contribution in [0.4, 0.5) is 50.9 Å². The molecule has 1 atom stereocenters. The summed E-state index contributed by atoms with van der Waals surface area (Å²) in [6, 6.07) is 5.18. The van der Waals surface area contributed by atoms with Crippen molar-refractivity contribution in [3.05, 3.63) is 52.0 Å². The Labute approximate surface area is 194 Å². The van der Waals surface area contributed by atoms with Gasteiger partial charge in [0.1, 0.15) is 6.07 Å². The van der Waals surface area contributed by atoms with Crippen LogP contribution in [0.15, 0.2) is 35.2 Å². The van der Waals surface area contributed by atoms with Gasteiger partial charge in [0.25, 0.3) is 5.91 Å². The monoisotopic (exact) mass is 535 g/mol. The molecule has 1 unspecified atom stereocenters. The molecule has 0 aliphatic heterocycles. The Kier molecular flexibility index (Phi) is 7.35. The van der Waals surface area contributed by atoms with E-state index in [0.717, 1.165) is 12.1 Å². The van der Waals surface area contributed by atoms with E-state index in [2.05, 4.69) is 5.32 Å². The Bertz CT molecular complexity index is 1160. The van der Waals surface area contributed by atoms with Gasteiger partial charge in [-0.15, -0.1) is 11.8 Å². The average Bonchev–Trinajstić information content (AvgIpc) is 2.72. The maximum atomic E-state index is 14.8. The van der Waals surface area contributed by atoms with Crippen LogP contribution in [0.3, 0.4) is 0 Å². The maximum Gasteiger partial charge on any atom is 0.457 e. The Balaban J connectivity index is 2.63. The summed E-state index contributed by atoms with van der Waals surface area (Å²) in [7, 11) is 0. The number of amides is 1. The Hall–Kier alpha value is -2.79. The van der Waals surface area contributed by atoms with Gasteiger partial charge in [0.2, 0.25) is 0 Å². The number of nitrogen functional groups attached to an aromatic ring is 1. The van der Waals surface area contributed by atoms with Crippen molar-refractivity contribution in [2.75, 3.05) is 17.3 Å². The molecular weight excluding hydrogens is 525 g/mol. The molecule has 184 valence electrons. The molecule has 0 heterocycles. The normalized spacial score (nSPS) is 14.3. The molecule has 1 amide bonds. The van der Waals surface area contributed by atoms with Crippen molar-refractivity contribution in [1.82, 2.24) is 0 Å². The van der Waals surface area contributed by atoms with Gasteiger partial charge in [0.15, 0.2) is 0 Å². The fraction of sp³-hybridized carbons (Fsp3) is 0.263. The van der Waals surface area contributed by atoms with E-state index in [1.807, 2.05) is 0 Å². The number of nitrogens with zero attached hydrogens (tertiary/aromatic N) is 1. The van der Waals surface area contributed by atoms with Gasteiger partial charge in [0, 0.05) is 16.0 Å². The summed E-state index contributed by atoms with van der Waals surface area (Å²) in [6.07, 6.45) is -12.4. The van der Waals surface area contributed by atoms with Crippen LogP contribution in [0.25, 0.3) is 0 Å². The van der Waals surface area contributed by atoms with E-state index in [0.29, 0.717) is 11.8 Å². The third-order valence-electron chi connectivity index (χ3n) is 4.52. The molecule has 0 aliphatic carbocycles. The number of nitriles is 1. The van der Waals surface area contributed by atoms with Crippen LogP contribution in [0, 0.1) is 11.3 Å². The number of nitrogens with two attached hydrogens (primary N) is 1. The van der Waals surface area contributed by atoms with Gasteiger partial charge in [0.05, 0.1) is 22.0 Å². The van der Waals surface area contributed by atoms with E-state index in [4.69, 9.17) is 22.6 Å². The van der Waals surface area contributed by atoms with E-state index in [1.54, 1.807) is 6.07 Å². The van der Waals surface area contributed by atoms with Crippen molar-refractivity contribution in [3.63, 3.8) is 0 Å². The van der Waals surface area contributed by atoms with E-state index < -0.39 is 51.0 Å². The fourth-order valence-corrected chi connectivity index (χ4v) is 3.70. The highest BCUT2D eigenvalue weighted by Gasteiger charge is 2.81. The summed E-state index contributed by atoms with van der Waals surface area (Å²) in [5, 5.41) is 10.1. The zero-order chi connectivity index (χ0) is 26.3. The van der Waals surface area contributed by atoms with Crippen LogP contribution >= 0.6 is 23.4 Å². The number of carbonyl (C=O) groups excluding carboxylic acids is 1. The van der Waals surface area contributed by atoms with Crippen LogP contribution in [0.2, 0.25) is 5.02 Å². The van der Waals surface area contributed by atoms with Crippen LogP contribution in [0.1, 0.15) is 21.5 Å². The van der Waals surface area contributed by atoms with Gasteiger partial charge < -0.3 is 11.1 Å². The second-order valence-corrected chi connectivity index (χ2v) is 7.89. The predicted octanol–water partition coefficient (Wildman–Crippen LogP) is 6.69. The number of hydrogen-bond donors (Lipinski definition) is 2. The molecule has 15 heteroatoms. The van der Waals surface area contributed by atoms with Crippen molar-refractivity contribution in [2.24, 2.45) is 0 Å². The molecule has 2 aromatic carbocycles. The van der Waals surface area contributed by atoms with Crippen LogP contribution < -0.4 is 11.1 Å². The van der Waals surface area contributed by atoms with Gasteiger partial charge >= 0.3 is 23.9 Å². The smallest absolute Gasteiger partial charge is 0.398 e. The lowest BCUT2D eigenvalue weighted by Crippen LogP contribution is -2.59. The van der Waals surface area contributed by atoms with Crippen molar-refractivity contribution in [2.45, 2.75) is 28.8 Å². The van der Waals surface area contributed by atoms with Gasteiger partial charge in [-0.3, -0.25) is 4.79 Å². The highest BCUT2D eigenvalue weighted by atomic mass is 35.5. The lowest BCUT2D eigenvalue weighted by atomic mass is 9.87. The first-order valence-electron chi connectivity index (χ1n) is 8.61. The second kappa shape index (κ2) is 9.10. The van der Waals surface area contributed by atoms with Crippen molar-refractivity contribution < 1.29 is 44.3 Å².